The standard InChI is InChI=1S/C21H21FN4O3/c1-14(27)23-16-7-8-17(22)19(13-16)24-20(28)9-10-21(29)26-12-11-18(25-26)15-5-3-2-4-6-15/h2-8,13H,9-12H2,1H3,(H,23,27)(H,24,28). The molecule has 1 heterocycles. The van der Waals surface area contributed by atoms with Crippen LogP contribution < -0.4 is 10.6 Å². The molecule has 8 heteroatoms. The fourth-order valence-electron chi connectivity index (χ4n) is 2.93. The summed E-state index contributed by atoms with van der Waals surface area (Å²) >= 11 is 0. The van der Waals surface area contributed by atoms with Crippen LogP contribution >= 0.6 is 0 Å². The van der Waals surface area contributed by atoms with Gasteiger partial charge in [-0.2, -0.15) is 5.10 Å². The fourth-order valence-corrected chi connectivity index (χ4v) is 2.93. The van der Waals surface area contributed by atoms with Crippen LogP contribution in [0.1, 0.15) is 31.7 Å². The summed E-state index contributed by atoms with van der Waals surface area (Å²) in [5.41, 5.74) is 2.11. The van der Waals surface area contributed by atoms with Gasteiger partial charge in [-0.3, -0.25) is 14.4 Å². The minimum Gasteiger partial charge on any atom is -0.326 e. The van der Waals surface area contributed by atoms with Gasteiger partial charge in [0.05, 0.1) is 17.9 Å². The van der Waals surface area contributed by atoms with Gasteiger partial charge >= 0.3 is 0 Å². The van der Waals surface area contributed by atoms with Crippen molar-refractivity contribution >= 4 is 34.8 Å². The molecule has 0 spiro atoms. The van der Waals surface area contributed by atoms with E-state index in [1.165, 1.54) is 24.1 Å². The fraction of sp³-hybridized carbons (Fsp3) is 0.238. The van der Waals surface area contributed by atoms with Gasteiger partial charge in [0, 0.05) is 31.9 Å². The third-order valence-electron chi connectivity index (χ3n) is 4.32. The van der Waals surface area contributed by atoms with Gasteiger partial charge in [0.1, 0.15) is 5.82 Å². The van der Waals surface area contributed by atoms with E-state index in [-0.39, 0.29) is 30.3 Å². The third-order valence-corrected chi connectivity index (χ3v) is 4.32. The van der Waals surface area contributed by atoms with Crippen molar-refractivity contribution in [2.45, 2.75) is 26.2 Å². The number of rotatable bonds is 6. The van der Waals surface area contributed by atoms with Gasteiger partial charge in [-0.15, -0.1) is 0 Å². The topological polar surface area (TPSA) is 90.9 Å². The van der Waals surface area contributed by atoms with Crippen LogP contribution in [0.5, 0.6) is 0 Å². The smallest absolute Gasteiger partial charge is 0.243 e. The first kappa shape index (κ1) is 20.2. The van der Waals surface area contributed by atoms with Crippen LogP contribution in [-0.2, 0) is 14.4 Å². The molecule has 2 aromatic rings. The molecular formula is C21H21FN4O3. The molecule has 3 rings (SSSR count). The highest BCUT2D eigenvalue weighted by atomic mass is 19.1. The Morgan fingerprint density at radius 1 is 1.07 bits per heavy atom. The second-order valence-electron chi connectivity index (χ2n) is 6.60. The number of benzene rings is 2. The van der Waals surface area contributed by atoms with Gasteiger partial charge in [-0.25, -0.2) is 9.40 Å². The molecule has 0 saturated carbocycles. The number of hydrazone groups is 1. The average Bonchev–Trinajstić information content (AvgIpc) is 3.19. The van der Waals surface area contributed by atoms with E-state index in [2.05, 4.69) is 15.7 Å². The molecule has 2 N–H and O–H groups in total. The monoisotopic (exact) mass is 396 g/mol. The van der Waals surface area contributed by atoms with Gasteiger partial charge in [0.15, 0.2) is 0 Å². The summed E-state index contributed by atoms with van der Waals surface area (Å²) in [5.74, 6) is -1.70. The summed E-state index contributed by atoms with van der Waals surface area (Å²) in [6.45, 7) is 1.80. The number of amides is 3. The van der Waals surface area contributed by atoms with Gasteiger partial charge in [0.25, 0.3) is 0 Å². The lowest BCUT2D eigenvalue weighted by Crippen LogP contribution is -2.25. The Morgan fingerprint density at radius 3 is 2.55 bits per heavy atom. The summed E-state index contributed by atoms with van der Waals surface area (Å²) in [6.07, 6.45) is 0.517. The van der Waals surface area contributed by atoms with Crippen molar-refractivity contribution in [1.82, 2.24) is 5.01 Å². The van der Waals surface area contributed by atoms with Crippen LogP contribution in [0.15, 0.2) is 53.6 Å². The predicted octanol–water partition coefficient (Wildman–Crippen LogP) is 3.14. The van der Waals surface area contributed by atoms with E-state index in [0.29, 0.717) is 18.7 Å². The van der Waals surface area contributed by atoms with Crippen LogP contribution in [0.25, 0.3) is 0 Å². The molecule has 1 aliphatic heterocycles. The molecule has 150 valence electrons. The Morgan fingerprint density at radius 2 is 1.83 bits per heavy atom. The van der Waals surface area contributed by atoms with E-state index in [1.54, 1.807) is 0 Å². The summed E-state index contributed by atoms with van der Waals surface area (Å²) in [5, 5.41) is 10.7. The highest BCUT2D eigenvalue weighted by Crippen LogP contribution is 2.20. The summed E-state index contributed by atoms with van der Waals surface area (Å²) < 4.78 is 13.9. The Balaban J connectivity index is 1.54. The highest BCUT2D eigenvalue weighted by molar-refractivity contribution is 6.03. The zero-order chi connectivity index (χ0) is 20.8. The molecule has 7 nitrogen and oxygen atoms in total. The van der Waals surface area contributed by atoms with E-state index in [4.69, 9.17) is 0 Å². The van der Waals surface area contributed by atoms with Gasteiger partial charge in [0.2, 0.25) is 17.7 Å². The number of halogens is 1. The third kappa shape index (κ3) is 5.47. The van der Waals surface area contributed by atoms with Gasteiger partial charge in [-0.1, -0.05) is 30.3 Å². The lowest BCUT2D eigenvalue weighted by molar-refractivity contribution is -0.132. The maximum absolute atomic E-state index is 13.9. The van der Waals surface area contributed by atoms with Crippen LogP contribution in [0.4, 0.5) is 15.8 Å². The SMILES string of the molecule is CC(=O)Nc1ccc(F)c(NC(=O)CCC(=O)N2CCC(c3ccccc3)=N2)c1. The molecule has 0 radical (unpaired) electrons. The van der Waals surface area contributed by atoms with E-state index in [0.717, 1.165) is 17.3 Å². The van der Waals surface area contributed by atoms with E-state index in [9.17, 15) is 18.8 Å². The Labute approximate surface area is 167 Å². The highest BCUT2D eigenvalue weighted by Gasteiger charge is 2.22. The maximum Gasteiger partial charge on any atom is 0.243 e. The molecular weight excluding hydrogens is 375 g/mol. The summed E-state index contributed by atoms with van der Waals surface area (Å²) in [4.78, 5) is 35.6. The van der Waals surface area contributed by atoms with Crippen LogP contribution in [0, 0.1) is 5.82 Å². The first-order chi connectivity index (χ1) is 13.9. The summed E-state index contributed by atoms with van der Waals surface area (Å²) in [7, 11) is 0. The zero-order valence-electron chi connectivity index (χ0n) is 15.9. The Hall–Kier alpha value is -3.55. The van der Waals surface area contributed by atoms with Crippen molar-refractivity contribution in [2.24, 2.45) is 5.10 Å². The van der Waals surface area contributed by atoms with Crippen molar-refractivity contribution in [3.8, 4) is 0 Å². The quantitative estimate of drug-likeness (QED) is 0.786. The average molecular weight is 396 g/mol. The van der Waals surface area contributed by atoms with Crippen molar-refractivity contribution in [3.05, 3.63) is 59.9 Å². The second-order valence-corrected chi connectivity index (χ2v) is 6.60. The second kappa shape index (κ2) is 9.09. The van der Waals surface area contributed by atoms with Crippen LogP contribution in [0.3, 0.4) is 0 Å². The molecule has 0 fully saturated rings. The number of carbonyl (C=O) groups is 3. The lowest BCUT2D eigenvalue weighted by Gasteiger charge is -2.12. The molecule has 1 aliphatic rings. The minimum atomic E-state index is -0.629. The van der Waals surface area contributed by atoms with Gasteiger partial charge < -0.3 is 10.6 Å². The number of hydrogen-bond donors (Lipinski definition) is 2. The van der Waals surface area contributed by atoms with Crippen molar-refractivity contribution in [2.75, 3.05) is 17.2 Å². The minimum absolute atomic E-state index is 0.0373. The number of carbonyl (C=O) groups excluding carboxylic acids is 3. The van der Waals surface area contributed by atoms with Gasteiger partial charge in [-0.05, 0) is 23.8 Å². The van der Waals surface area contributed by atoms with Crippen LogP contribution in [-0.4, -0.2) is 35.0 Å². The maximum atomic E-state index is 13.9. The first-order valence-electron chi connectivity index (χ1n) is 9.22. The number of nitrogens with one attached hydrogen (secondary N) is 2. The normalized spacial score (nSPS) is 13.0. The number of nitrogens with zero attached hydrogens (tertiary/aromatic N) is 2. The molecule has 0 aliphatic carbocycles. The molecule has 3 amide bonds. The molecule has 29 heavy (non-hydrogen) atoms. The molecule has 0 saturated heterocycles. The molecule has 0 unspecified atom stereocenters. The van der Waals surface area contributed by atoms with Crippen LogP contribution in [0.2, 0.25) is 0 Å². The lowest BCUT2D eigenvalue weighted by atomic mass is 10.1. The first-order valence-corrected chi connectivity index (χ1v) is 9.22. The predicted molar refractivity (Wildman–Crippen MR) is 108 cm³/mol. The number of hydrogen-bond acceptors (Lipinski definition) is 4. The van der Waals surface area contributed by atoms with Crippen molar-refractivity contribution in [1.29, 1.82) is 0 Å². The Kier molecular flexibility index (Phi) is 6.33. The van der Waals surface area contributed by atoms with E-state index < -0.39 is 11.7 Å². The zero-order valence-corrected chi connectivity index (χ0v) is 15.9. The van der Waals surface area contributed by atoms with Crippen molar-refractivity contribution < 1.29 is 18.8 Å². The molecule has 0 aromatic heterocycles. The van der Waals surface area contributed by atoms with Crippen molar-refractivity contribution in [3.63, 3.8) is 0 Å². The van der Waals surface area contributed by atoms with E-state index >= 15 is 0 Å². The molecule has 2 aromatic carbocycles. The van der Waals surface area contributed by atoms with E-state index in [1.807, 2.05) is 30.3 Å². The summed E-state index contributed by atoms with van der Waals surface area (Å²) in [6, 6.07) is 13.5. The number of anilines is 2. The largest absolute Gasteiger partial charge is 0.326 e. The molecule has 0 atom stereocenters. The Bertz CT molecular complexity index is 960. The molecule has 0 bridgehead atoms.